The normalized spacial score (nSPS) is 15.3. The largest absolute Gasteiger partial charge is 0.497 e. The zero-order valence-electron chi connectivity index (χ0n) is 15.4. The first-order valence-electron chi connectivity index (χ1n) is 8.71. The smallest absolute Gasteiger partial charge is 0.246 e. The summed E-state index contributed by atoms with van der Waals surface area (Å²) < 4.78 is 5.15. The Hall–Kier alpha value is -2.38. The van der Waals surface area contributed by atoms with Gasteiger partial charge in [-0.25, -0.2) is 0 Å². The molecule has 142 valence electrons. The third kappa shape index (κ3) is 5.86. The van der Waals surface area contributed by atoms with Gasteiger partial charge in [0.1, 0.15) is 5.75 Å². The lowest BCUT2D eigenvalue weighted by atomic mass is 10.2. The molecule has 1 heterocycles. The van der Waals surface area contributed by atoms with Gasteiger partial charge in [-0.2, -0.15) is 0 Å². The van der Waals surface area contributed by atoms with Crippen LogP contribution in [-0.2, 0) is 9.59 Å². The number of β-amino-alcohol motifs (C(OH)–C–C–N with tert-alkyl or cyclic N) is 1. The predicted molar refractivity (Wildman–Crippen MR) is 99.8 cm³/mol. The highest BCUT2D eigenvalue weighted by molar-refractivity contribution is 5.94. The first kappa shape index (κ1) is 19.9. The van der Waals surface area contributed by atoms with Gasteiger partial charge in [-0.1, -0.05) is 12.1 Å². The minimum atomic E-state index is -0.222. The molecule has 0 saturated carbocycles. The summed E-state index contributed by atoms with van der Waals surface area (Å²) >= 11 is 0. The van der Waals surface area contributed by atoms with Crippen molar-refractivity contribution in [2.24, 2.45) is 0 Å². The second-order valence-electron chi connectivity index (χ2n) is 6.25. The van der Waals surface area contributed by atoms with Crippen LogP contribution in [0, 0.1) is 0 Å². The molecule has 26 heavy (non-hydrogen) atoms. The highest BCUT2D eigenvalue weighted by Crippen LogP contribution is 2.13. The van der Waals surface area contributed by atoms with Crippen LogP contribution >= 0.6 is 0 Å². The Morgan fingerprint density at radius 2 is 2.00 bits per heavy atom. The number of amides is 2. The van der Waals surface area contributed by atoms with Gasteiger partial charge in [0.05, 0.1) is 20.3 Å². The van der Waals surface area contributed by atoms with Gasteiger partial charge in [-0.3, -0.25) is 14.5 Å². The fourth-order valence-electron chi connectivity index (χ4n) is 2.78. The van der Waals surface area contributed by atoms with Gasteiger partial charge in [0.25, 0.3) is 0 Å². The molecule has 0 aliphatic carbocycles. The number of hydrogen-bond acceptors (Lipinski definition) is 5. The summed E-state index contributed by atoms with van der Waals surface area (Å²) in [6.45, 7) is 3.57. The number of hydrogen-bond donors (Lipinski definition) is 1. The SMILES string of the molecule is COc1cccc(/C=C/C(=O)N(C)CC(=O)N2CCN(CCO)CC2)c1. The topological polar surface area (TPSA) is 73.3 Å². The van der Waals surface area contributed by atoms with Crippen molar-refractivity contribution in [2.75, 3.05) is 60.0 Å². The minimum absolute atomic E-state index is 0.0562. The summed E-state index contributed by atoms with van der Waals surface area (Å²) in [5.41, 5.74) is 0.859. The average Bonchev–Trinajstić information content (AvgIpc) is 2.67. The molecule has 0 aromatic heterocycles. The van der Waals surface area contributed by atoms with Crippen LogP contribution in [-0.4, -0.2) is 91.7 Å². The van der Waals surface area contributed by atoms with Gasteiger partial charge in [0.15, 0.2) is 0 Å². The zero-order valence-corrected chi connectivity index (χ0v) is 15.4. The number of carbonyl (C=O) groups excluding carboxylic acids is 2. The molecule has 0 unspecified atom stereocenters. The van der Waals surface area contributed by atoms with Crippen LogP contribution in [0.3, 0.4) is 0 Å². The van der Waals surface area contributed by atoms with Crippen molar-refractivity contribution in [1.82, 2.24) is 14.7 Å². The molecule has 2 rings (SSSR count). The molecular formula is C19H27N3O4. The van der Waals surface area contributed by atoms with E-state index in [1.54, 1.807) is 25.1 Å². The third-order valence-electron chi connectivity index (χ3n) is 4.40. The van der Waals surface area contributed by atoms with Crippen LogP contribution in [0.25, 0.3) is 6.08 Å². The van der Waals surface area contributed by atoms with Crippen LogP contribution in [0.4, 0.5) is 0 Å². The summed E-state index contributed by atoms with van der Waals surface area (Å²) in [5.74, 6) is 0.447. The molecule has 0 radical (unpaired) electrons. The lowest BCUT2D eigenvalue weighted by Crippen LogP contribution is -2.51. The number of aliphatic hydroxyl groups is 1. The van der Waals surface area contributed by atoms with Crippen molar-refractivity contribution < 1.29 is 19.4 Å². The van der Waals surface area contributed by atoms with E-state index in [1.807, 2.05) is 24.3 Å². The lowest BCUT2D eigenvalue weighted by Gasteiger charge is -2.35. The molecule has 1 aromatic rings. The van der Waals surface area contributed by atoms with Crippen LogP contribution in [0.1, 0.15) is 5.56 Å². The van der Waals surface area contributed by atoms with E-state index >= 15 is 0 Å². The Morgan fingerprint density at radius 1 is 1.27 bits per heavy atom. The molecule has 1 aliphatic rings. The van der Waals surface area contributed by atoms with E-state index < -0.39 is 0 Å². The zero-order chi connectivity index (χ0) is 18.9. The molecule has 7 nitrogen and oxygen atoms in total. The quantitative estimate of drug-likeness (QED) is 0.708. The maximum atomic E-state index is 12.4. The van der Waals surface area contributed by atoms with Gasteiger partial charge < -0.3 is 19.6 Å². The van der Waals surface area contributed by atoms with Crippen LogP contribution < -0.4 is 4.74 Å². The number of nitrogens with zero attached hydrogens (tertiary/aromatic N) is 3. The number of aliphatic hydroxyl groups excluding tert-OH is 1. The second kappa shape index (κ2) is 9.94. The fourth-order valence-corrected chi connectivity index (χ4v) is 2.78. The maximum absolute atomic E-state index is 12.4. The average molecular weight is 361 g/mol. The molecule has 7 heteroatoms. The summed E-state index contributed by atoms with van der Waals surface area (Å²) in [5, 5.41) is 8.96. The van der Waals surface area contributed by atoms with Crippen molar-refractivity contribution in [3.05, 3.63) is 35.9 Å². The number of ether oxygens (including phenoxy) is 1. The number of carbonyl (C=O) groups is 2. The van der Waals surface area contributed by atoms with E-state index in [-0.39, 0.29) is 25.0 Å². The molecule has 2 amide bonds. The summed E-state index contributed by atoms with van der Waals surface area (Å²) in [4.78, 5) is 29.9. The number of benzene rings is 1. The molecule has 0 spiro atoms. The van der Waals surface area contributed by atoms with E-state index in [4.69, 9.17) is 9.84 Å². The van der Waals surface area contributed by atoms with E-state index in [1.165, 1.54) is 11.0 Å². The first-order valence-corrected chi connectivity index (χ1v) is 8.71. The second-order valence-corrected chi connectivity index (χ2v) is 6.25. The van der Waals surface area contributed by atoms with Crippen LogP contribution in [0.2, 0.25) is 0 Å². The summed E-state index contributed by atoms with van der Waals surface area (Å²) in [6.07, 6.45) is 3.17. The molecule has 1 aromatic carbocycles. The van der Waals surface area contributed by atoms with Gasteiger partial charge in [0.2, 0.25) is 11.8 Å². The highest BCUT2D eigenvalue weighted by Gasteiger charge is 2.22. The van der Waals surface area contributed by atoms with Crippen molar-refractivity contribution in [3.8, 4) is 5.75 Å². The number of methoxy groups -OCH3 is 1. The maximum Gasteiger partial charge on any atom is 0.246 e. The molecule has 1 saturated heterocycles. The number of rotatable bonds is 7. The van der Waals surface area contributed by atoms with E-state index in [2.05, 4.69) is 4.90 Å². The minimum Gasteiger partial charge on any atom is -0.497 e. The molecule has 1 N–H and O–H groups in total. The first-order chi connectivity index (χ1) is 12.5. The third-order valence-corrected chi connectivity index (χ3v) is 4.40. The Bertz CT molecular complexity index is 639. The van der Waals surface area contributed by atoms with Crippen molar-refractivity contribution in [1.29, 1.82) is 0 Å². The monoisotopic (exact) mass is 361 g/mol. The van der Waals surface area contributed by atoms with Crippen molar-refractivity contribution in [2.45, 2.75) is 0 Å². The van der Waals surface area contributed by atoms with Crippen LogP contribution in [0.5, 0.6) is 5.75 Å². The molecule has 0 bridgehead atoms. The van der Waals surface area contributed by atoms with Gasteiger partial charge in [-0.05, 0) is 23.8 Å². The van der Waals surface area contributed by atoms with Crippen LogP contribution in [0.15, 0.2) is 30.3 Å². The Labute approximate surface area is 154 Å². The Kier molecular flexibility index (Phi) is 7.62. The fraction of sp³-hybridized carbons (Fsp3) is 0.474. The number of likely N-dealkylation sites (N-methyl/N-ethyl adjacent to an activating group) is 1. The Morgan fingerprint density at radius 3 is 2.65 bits per heavy atom. The van der Waals surface area contributed by atoms with Gasteiger partial charge >= 0.3 is 0 Å². The van der Waals surface area contributed by atoms with Gasteiger partial charge in [0, 0.05) is 45.8 Å². The van der Waals surface area contributed by atoms with E-state index in [0.717, 1.165) is 24.4 Å². The molecule has 1 aliphatic heterocycles. The standard InChI is InChI=1S/C19H27N3O4/c1-20(15-19(25)22-10-8-21(9-11-22)12-13-23)18(24)7-6-16-4-3-5-17(14-16)26-2/h3-7,14,23H,8-13,15H2,1-2H3/b7-6+. The van der Waals surface area contributed by atoms with E-state index in [9.17, 15) is 9.59 Å². The van der Waals surface area contributed by atoms with Crippen molar-refractivity contribution in [3.63, 3.8) is 0 Å². The lowest BCUT2D eigenvalue weighted by molar-refractivity contribution is -0.138. The van der Waals surface area contributed by atoms with Gasteiger partial charge in [-0.15, -0.1) is 0 Å². The Balaban J connectivity index is 1.82. The summed E-state index contributed by atoms with van der Waals surface area (Å²) in [7, 11) is 3.22. The summed E-state index contributed by atoms with van der Waals surface area (Å²) in [6, 6.07) is 7.40. The van der Waals surface area contributed by atoms with E-state index in [0.29, 0.717) is 19.6 Å². The number of piperazine rings is 1. The molecule has 0 atom stereocenters. The predicted octanol–water partition coefficient (Wildman–Crippen LogP) is 0.303. The highest BCUT2D eigenvalue weighted by atomic mass is 16.5. The molecular weight excluding hydrogens is 334 g/mol. The molecule has 1 fully saturated rings. The van der Waals surface area contributed by atoms with Crippen molar-refractivity contribution >= 4 is 17.9 Å².